The number of aromatic nitrogens is 2. The van der Waals surface area contributed by atoms with E-state index < -0.39 is 5.97 Å². The SMILES string of the molecule is C[C@H]1CC2(CCN(c3cnc(C(=O)O)cn3)CC2)CN1c1ccc(C#N)c(Cl)c1. The predicted octanol–water partition coefficient (Wildman–Crippen LogP) is 3.59. The molecule has 8 heteroatoms. The van der Waals surface area contributed by atoms with Crippen molar-refractivity contribution in [1.29, 1.82) is 5.26 Å². The maximum atomic E-state index is 10.9. The largest absolute Gasteiger partial charge is 0.476 e. The highest BCUT2D eigenvalue weighted by Crippen LogP contribution is 2.45. The molecule has 1 atom stereocenters. The molecular weight excluding hydrogens is 390 g/mol. The second kappa shape index (κ2) is 7.53. The molecule has 2 fully saturated rings. The topological polar surface area (TPSA) is 93.3 Å². The molecule has 2 saturated heterocycles. The molecule has 2 aliphatic rings. The quantitative estimate of drug-likeness (QED) is 0.824. The second-order valence-corrected chi connectivity index (χ2v) is 8.42. The van der Waals surface area contributed by atoms with Crippen LogP contribution >= 0.6 is 11.6 Å². The van der Waals surface area contributed by atoms with Crippen LogP contribution < -0.4 is 9.80 Å². The fourth-order valence-corrected chi connectivity index (χ4v) is 4.82. The van der Waals surface area contributed by atoms with Crippen LogP contribution in [0.25, 0.3) is 0 Å². The molecule has 0 saturated carbocycles. The van der Waals surface area contributed by atoms with Crippen LogP contribution in [0, 0.1) is 16.7 Å². The Morgan fingerprint density at radius 3 is 2.66 bits per heavy atom. The van der Waals surface area contributed by atoms with E-state index in [4.69, 9.17) is 22.0 Å². The number of aromatic carboxylic acids is 1. The fraction of sp³-hybridized carbons (Fsp3) is 0.429. The van der Waals surface area contributed by atoms with Gasteiger partial charge < -0.3 is 14.9 Å². The van der Waals surface area contributed by atoms with Gasteiger partial charge in [0.25, 0.3) is 0 Å². The van der Waals surface area contributed by atoms with Gasteiger partial charge in [0.15, 0.2) is 5.69 Å². The molecule has 0 bridgehead atoms. The van der Waals surface area contributed by atoms with Gasteiger partial charge in [0.2, 0.25) is 0 Å². The third kappa shape index (κ3) is 3.73. The monoisotopic (exact) mass is 411 g/mol. The van der Waals surface area contributed by atoms with Crippen molar-refractivity contribution in [3.63, 3.8) is 0 Å². The number of carboxylic acid groups (broad SMARTS) is 1. The smallest absolute Gasteiger partial charge is 0.356 e. The molecule has 1 spiro atoms. The highest BCUT2D eigenvalue weighted by Gasteiger charge is 2.44. The van der Waals surface area contributed by atoms with Gasteiger partial charge in [-0.25, -0.2) is 14.8 Å². The molecule has 1 N–H and O–H groups in total. The number of halogens is 1. The van der Waals surface area contributed by atoms with E-state index in [9.17, 15) is 4.79 Å². The molecule has 0 radical (unpaired) electrons. The molecule has 29 heavy (non-hydrogen) atoms. The zero-order valence-corrected chi connectivity index (χ0v) is 16.9. The van der Waals surface area contributed by atoms with Gasteiger partial charge in [0.05, 0.1) is 23.0 Å². The summed E-state index contributed by atoms with van der Waals surface area (Å²) < 4.78 is 0. The number of hydrogen-bond donors (Lipinski definition) is 1. The highest BCUT2D eigenvalue weighted by molar-refractivity contribution is 6.32. The normalized spacial score (nSPS) is 20.7. The maximum absolute atomic E-state index is 10.9. The van der Waals surface area contributed by atoms with E-state index in [1.54, 1.807) is 12.3 Å². The van der Waals surface area contributed by atoms with Gasteiger partial charge in [-0.15, -0.1) is 0 Å². The number of piperidine rings is 1. The van der Waals surface area contributed by atoms with Crippen molar-refractivity contribution in [3.8, 4) is 6.07 Å². The standard InChI is InChI=1S/C21H22ClN5O2/c1-14-9-21(13-27(14)16-3-2-15(10-23)17(22)8-16)4-6-26(7-5-21)19-12-24-18(11-25-19)20(28)29/h2-3,8,11-12,14H,4-7,9,13H2,1H3,(H,28,29)/t14-/m0/s1. The lowest BCUT2D eigenvalue weighted by atomic mass is 9.77. The molecule has 1 aromatic heterocycles. The van der Waals surface area contributed by atoms with Gasteiger partial charge in [-0.1, -0.05) is 11.6 Å². The van der Waals surface area contributed by atoms with Gasteiger partial charge in [0, 0.05) is 31.4 Å². The predicted molar refractivity (Wildman–Crippen MR) is 110 cm³/mol. The molecule has 1 aromatic carbocycles. The second-order valence-electron chi connectivity index (χ2n) is 8.01. The van der Waals surface area contributed by atoms with Crippen molar-refractivity contribution in [3.05, 3.63) is 46.9 Å². The summed E-state index contributed by atoms with van der Waals surface area (Å²) in [6.07, 6.45) is 6.06. The van der Waals surface area contributed by atoms with Crippen molar-refractivity contribution in [2.45, 2.75) is 32.2 Å². The number of carboxylic acids is 1. The van der Waals surface area contributed by atoms with E-state index in [0.717, 1.165) is 50.4 Å². The van der Waals surface area contributed by atoms with Gasteiger partial charge in [0.1, 0.15) is 11.9 Å². The summed E-state index contributed by atoms with van der Waals surface area (Å²) in [6.45, 7) is 4.95. The third-order valence-electron chi connectivity index (χ3n) is 6.18. The third-order valence-corrected chi connectivity index (χ3v) is 6.49. The summed E-state index contributed by atoms with van der Waals surface area (Å²) in [7, 11) is 0. The zero-order valence-electron chi connectivity index (χ0n) is 16.2. The Morgan fingerprint density at radius 1 is 1.31 bits per heavy atom. The van der Waals surface area contributed by atoms with E-state index in [1.807, 2.05) is 12.1 Å². The van der Waals surface area contributed by atoms with Gasteiger partial charge in [-0.2, -0.15) is 5.26 Å². The Bertz CT molecular complexity index is 964. The number of nitrogens with zero attached hydrogens (tertiary/aromatic N) is 5. The highest BCUT2D eigenvalue weighted by atomic mass is 35.5. The summed E-state index contributed by atoms with van der Waals surface area (Å²) >= 11 is 6.25. The minimum Gasteiger partial charge on any atom is -0.476 e. The number of hydrogen-bond acceptors (Lipinski definition) is 6. The number of carbonyl (C=O) groups is 1. The van der Waals surface area contributed by atoms with E-state index >= 15 is 0 Å². The summed E-state index contributed by atoms with van der Waals surface area (Å²) in [5.41, 5.74) is 1.77. The van der Waals surface area contributed by atoms with E-state index in [0.29, 0.717) is 16.6 Å². The Kier molecular flexibility index (Phi) is 5.05. The van der Waals surface area contributed by atoms with Gasteiger partial charge in [-0.3, -0.25) is 0 Å². The van der Waals surface area contributed by atoms with E-state index in [2.05, 4.69) is 32.8 Å². The Labute approximate surface area is 174 Å². The lowest BCUT2D eigenvalue weighted by Crippen LogP contribution is -2.42. The molecule has 0 unspecified atom stereocenters. The number of rotatable bonds is 3. The van der Waals surface area contributed by atoms with Crippen LogP contribution in [0.3, 0.4) is 0 Å². The average Bonchev–Trinajstić information content (AvgIpc) is 3.04. The van der Waals surface area contributed by atoms with E-state index in [1.165, 1.54) is 6.20 Å². The van der Waals surface area contributed by atoms with Crippen LogP contribution in [-0.2, 0) is 0 Å². The summed E-state index contributed by atoms with van der Waals surface area (Å²) in [5, 5.41) is 18.6. The summed E-state index contributed by atoms with van der Waals surface area (Å²) in [5.74, 6) is -0.337. The zero-order chi connectivity index (χ0) is 20.6. The molecule has 2 aromatic rings. The lowest BCUT2D eigenvalue weighted by molar-refractivity contribution is 0.0690. The molecule has 7 nitrogen and oxygen atoms in total. The van der Waals surface area contributed by atoms with Crippen LogP contribution in [0.4, 0.5) is 11.5 Å². The Balaban J connectivity index is 1.44. The van der Waals surface area contributed by atoms with Crippen molar-refractivity contribution in [1.82, 2.24) is 9.97 Å². The molecule has 3 heterocycles. The average molecular weight is 412 g/mol. The van der Waals surface area contributed by atoms with Crippen LogP contribution in [0.5, 0.6) is 0 Å². The molecule has 2 aliphatic heterocycles. The first kappa shape index (κ1) is 19.5. The molecule has 0 aliphatic carbocycles. The Morgan fingerprint density at radius 2 is 2.07 bits per heavy atom. The molecular formula is C21H22ClN5O2. The summed E-state index contributed by atoms with van der Waals surface area (Å²) in [6, 6.07) is 8.18. The first-order chi connectivity index (χ1) is 13.9. The molecule has 150 valence electrons. The number of anilines is 2. The van der Waals surface area contributed by atoms with Crippen LogP contribution in [-0.4, -0.2) is 46.7 Å². The minimum absolute atomic E-state index is 0.0384. The summed E-state index contributed by atoms with van der Waals surface area (Å²) in [4.78, 5) is 23.8. The lowest BCUT2D eigenvalue weighted by Gasteiger charge is -2.39. The van der Waals surface area contributed by atoms with Crippen LogP contribution in [0.1, 0.15) is 42.2 Å². The number of benzene rings is 1. The molecule has 4 rings (SSSR count). The van der Waals surface area contributed by atoms with Crippen molar-refractivity contribution >= 4 is 29.1 Å². The number of nitriles is 1. The molecule has 0 amide bonds. The van der Waals surface area contributed by atoms with Gasteiger partial charge in [-0.05, 0) is 49.8 Å². The first-order valence-electron chi connectivity index (χ1n) is 9.67. The fourth-order valence-electron chi connectivity index (χ4n) is 4.61. The van der Waals surface area contributed by atoms with Crippen molar-refractivity contribution in [2.24, 2.45) is 5.41 Å². The maximum Gasteiger partial charge on any atom is 0.356 e. The van der Waals surface area contributed by atoms with Crippen molar-refractivity contribution in [2.75, 3.05) is 29.4 Å². The Hall–Kier alpha value is -2.85. The van der Waals surface area contributed by atoms with Gasteiger partial charge >= 0.3 is 5.97 Å². The first-order valence-corrected chi connectivity index (χ1v) is 10.1. The minimum atomic E-state index is -1.07. The van der Waals surface area contributed by atoms with E-state index in [-0.39, 0.29) is 11.1 Å². The van der Waals surface area contributed by atoms with Crippen LogP contribution in [0.2, 0.25) is 5.02 Å². The van der Waals surface area contributed by atoms with Crippen LogP contribution in [0.15, 0.2) is 30.6 Å². The van der Waals surface area contributed by atoms with Crippen molar-refractivity contribution < 1.29 is 9.90 Å².